The van der Waals surface area contributed by atoms with E-state index >= 15 is 0 Å². The molecule has 0 aromatic heterocycles. The van der Waals surface area contributed by atoms with Crippen LogP contribution < -0.4 is 9.44 Å². The Labute approximate surface area is 104 Å². The van der Waals surface area contributed by atoms with Gasteiger partial charge in [-0.1, -0.05) is 12.1 Å². The number of carbonyl (C=O) groups is 2. The summed E-state index contributed by atoms with van der Waals surface area (Å²) in [5, 5.41) is 0. The summed E-state index contributed by atoms with van der Waals surface area (Å²) < 4.78 is 30.9. The fourth-order valence-corrected chi connectivity index (χ4v) is 2.02. The summed E-state index contributed by atoms with van der Waals surface area (Å²) in [5.41, 5.74) is 0.286. The zero-order valence-corrected chi connectivity index (χ0v) is 10.6. The fraction of sp³-hybridized carbons (Fsp3) is 0.200. The second-order valence-corrected chi connectivity index (χ2v) is 4.72. The highest BCUT2D eigenvalue weighted by atomic mass is 32.2. The molecule has 98 valence electrons. The van der Waals surface area contributed by atoms with E-state index in [1.807, 2.05) is 0 Å². The molecule has 8 heteroatoms. The standard InChI is InChI=1S/C10H12N2O5S/c1-7(13)8-5-3-4-6-9(8)11-18(15,16)12-10(14)17-2/h3-6,11H,1-2H3,(H,12,14). The van der Waals surface area contributed by atoms with E-state index in [-0.39, 0.29) is 17.0 Å². The van der Waals surface area contributed by atoms with Gasteiger partial charge >= 0.3 is 16.3 Å². The number of ether oxygens (including phenoxy) is 1. The molecule has 0 aliphatic rings. The third-order valence-electron chi connectivity index (χ3n) is 1.95. The van der Waals surface area contributed by atoms with Crippen molar-refractivity contribution in [3.63, 3.8) is 0 Å². The Morgan fingerprint density at radius 2 is 1.83 bits per heavy atom. The molecule has 0 fully saturated rings. The molecule has 1 aromatic rings. The number of ketones is 1. The number of rotatable bonds is 4. The van der Waals surface area contributed by atoms with Crippen molar-refractivity contribution in [2.45, 2.75) is 6.92 Å². The van der Waals surface area contributed by atoms with Gasteiger partial charge in [-0.05, 0) is 19.1 Å². The maximum Gasteiger partial charge on any atom is 0.422 e. The minimum atomic E-state index is -4.13. The number of methoxy groups -OCH3 is 1. The highest BCUT2D eigenvalue weighted by Crippen LogP contribution is 2.16. The summed E-state index contributed by atoms with van der Waals surface area (Å²) >= 11 is 0. The Hall–Kier alpha value is -2.09. The number of anilines is 1. The molecule has 0 radical (unpaired) electrons. The van der Waals surface area contributed by atoms with Gasteiger partial charge in [-0.2, -0.15) is 8.42 Å². The van der Waals surface area contributed by atoms with Gasteiger partial charge in [0.15, 0.2) is 5.78 Å². The Balaban J connectivity index is 2.98. The molecule has 0 atom stereocenters. The van der Waals surface area contributed by atoms with Crippen molar-refractivity contribution in [2.75, 3.05) is 11.8 Å². The maximum atomic E-state index is 11.5. The van der Waals surface area contributed by atoms with E-state index in [0.717, 1.165) is 7.11 Å². The molecule has 0 saturated carbocycles. The quantitative estimate of drug-likeness (QED) is 0.793. The topological polar surface area (TPSA) is 102 Å². The molecule has 0 aliphatic carbocycles. The number of benzene rings is 1. The van der Waals surface area contributed by atoms with Crippen molar-refractivity contribution in [1.82, 2.24) is 4.72 Å². The van der Waals surface area contributed by atoms with Crippen molar-refractivity contribution < 1.29 is 22.7 Å². The summed E-state index contributed by atoms with van der Waals surface area (Å²) in [4.78, 5) is 22.1. The van der Waals surface area contributed by atoms with Gasteiger partial charge < -0.3 is 4.74 Å². The first-order valence-electron chi connectivity index (χ1n) is 4.84. The van der Waals surface area contributed by atoms with Gasteiger partial charge in [-0.15, -0.1) is 0 Å². The van der Waals surface area contributed by atoms with E-state index in [1.54, 1.807) is 16.9 Å². The molecule has 18 heavy (non-hydrogen) atoms. The Kier molecular flexibility index (Phi) is 4.27. The van der Waals surface area contributed by atoms with Gasteiger partial charge in [0.25, 0.3) is 0 Å². The molecular formula is C10H12N2O5S. The lowest BCUT2D eigenvalue weighted by Gasteiger charge is -2.10. The first kappa shape index (κ1) is 14.0. The third kappa shape index (κ3) is 3.74. The summed E-state index contributed by atoms with van der Waals surface area (Å²) in [6.45, 7) is 1.31. The minimum absolute atomic E-state index is 0.0846. The Morgan fingerprint density at radius 1 is 1.22 bits per heavy atom. The average molecular weight is 272 g/mol. The van der Waals surface area contributed by atoms with Gasteiger partial charge in [0, 0.05) is 5.56 Å². The van der Waals surface area contributed by atoms with Crippen LogP contribution in [0.4, 0.5) is 10.5 Å². The molecule has 0 bridgehead atoms. The van der Waals surface area contributed by atoms with Crippen molar-refractivity contribution >= 4 is 27.8 Å². The normalized spacial score (nSPS) is 10.6. The fourth-order valence-electron chi connectivity index (χ4n) is 1.20. The Morgan fingerprint density at radius 3 is 2.39 bits per heavy atom. The average Bonchev–Trinajstić information content (AvgIpc) is 2.28. The second-order valence-electron chi connectivity index (χ2n) is 3.30. The lowest BCUT2D eigenvalue weighted by molar-refractivity contribution is 0.101. The van der Waals surface area contributed by atoms with Crippen molar-refractivity contribution in [1.29, 1.82) is 0 Å². The summed E-state index contributed by atoms with van der Waals surface area (Å²) in [6.07, 6.45) is -1.12. The van der Waals surface area contributed by atoms with E-state index in [2.05, 4.69) is 9.46 Å². The highest BCUT2D eigenvalue weighted by Gasteiger charge is 2.17. The van der Waals surface area contributed by atoms with Crippen LogP contribution in [0, 0.1) is 0 Å². The third-order valence-corrected chi connectivity index (χ3v) is 2.88. The number of para-hydroxylation sites is 1. The zero-order valence-electron chi connectivity index (χ0n) is 9.76. The number of carbonyl (C=O) groups excluding carboxylic acids is 2. The van der Waals surface area contributed by atoms with Crippen molar-refractivity contribution in [3.8, 4) is 0 Å². The number of Topliss-reactive ketones (excluding diaryl/α,β-unsaturated/α-hetero) is 1. The molecule has 1 amide bonds. The molecule has 0 unspecified atom stereocenters. The first-order valence-corrected chi connectivity index (χ1v) is 6.32. The molecule has 0 aliphatic heterocycles. The van der Waals surface area contributed by atoms with Crippen LogP contribution in [0.2, 0.25) is 0 Å². The van der Waals surface area contributed by atoms with Gasteiger partial charge in [0.2, 0.25) is 0 Å². The van der Waals surface area contributed by atoms with Crippen LogP contribution in [0.5, 0.6) is 0 Å². The van der Waals surface area contributed by atoms with Gasteiger partial charge in [-0.3, -0.25) is 9.52 Å². The summed E-state index contributed by atoms with van der Waals surface area (Å²) in [7, 11) is -3.09. The van der Waals surface area contributed by atoms with Crippen LogP contribution in [0.25, 0.3) is 0 Å². The maximum absolute atomic E-state index is 11.5. The van der Waals surface area contributed by atoms with Crippen LogP contribution >= 0.6 is 0 Å². The molecule has 1 aromatic carbocycles. The molecule has 2 N–H and O–H groups in total. The molecule has 1 rings (SSSR count). The molecular weight excluding hydrogens is 260 g/mol. The predicted molar refractivity (Wildman–Crippen MR) is 64.5 cm³/mol. The molecule has 0 heterocycles. The van der Waals surface area contributed by atoms with Gasteiger partial charge in [0.1, 0.15) is 0 Å². The van der Waals surface area contributed by atoms with Crippen LogP contribution in [-0.4, -0.2) is 27.4 Å². The van der Waals surface area contributed by atoms with Crippen LogP contribution in [0.15, 0.2) is 24.3 Å². The SMILES string of the molecule is COC(=O)NS(=O)(=O)Nc1ccccc1C(C)=O. The number of hydrogen-bond donors (Lipinski definition) is 2. The minimum Gasteiger partial charge on any atom is -0.452 e. The van der Waals surface area contributed by atoms with E-state index in [4.69, 9.17) is 0 Å². The van der Waals surface area contributed by atoms with Gasteiger partial charge in [0.05, 0.1) is 12.8 Å². The van der Waals surface area contributed by atoms with Crippen LogP contribution in [0.1, 0.15) is 17.3 Å². The van der Waals surface area contributed by atoms with E-state index in [1.165, 1.54) is 19.1 Å². The number of amides is 1. The van der Waals surface area contributed by atoms with E-state index in [9.17, 15) is 18.0 Å². The molecule has 7 nitrogen and oxygen atoms in total. The van der Waals surface area contributed by atoms with Gasteiger partial charge in [-0.25, -0.2) is 9.52 Å². The monoisotopic (exact) mass is 272 g/mol. The largest absolute Gasteiger partial charge is 0.452 e. The first-order chi connectivity index (χ1) is 8.35. The summed E-state index contributed by atoms with van der Waals surface area (Å²) in [5.74, 6) is -0.300. The zero-order chi connectivity index (χ0) is 13.8. The van der Waals surface area contributed by atoms with Crippen LogP contribution in [0.3, 0.4) is 0 Å². The van der Waals surface area contributed by atoms with Crippen molar-refractivity contribution in [3.05, 3.63) is 29.8 Å². The van der Waals surface area contributed by atoms with Crippen molar-refractivity contribution in [2.24, 2.45) is 0 Å². The lowest BCUT2D eigenvalue weighted by Crippen LogP contribution is -2.35. The summed E-state index contributed by atoms with van der Waals surface area (Å²) in [6, 6.07) is 6.04. The smallest absolute Gasteiger partial charge is 0.422 e. The second kappa shape index (κ2) is 5.50. The number of hydrogen-bond acceptors (Lipinski definition) is 5. The van der Waals surface area contributed by atoms with Crippen LogP contribution in [-0.2, 0) is 14.9 Å². The molecule has 0 spiro atoms. The van der Waals surface area contributed by atoms with E-state index < -0.39 is 16.3 Å². The lowest BCUT2D eigenvalue weighted by atomic mass is 10.1. The number of nitrogens with one attached hydrogen (secondary N) is 2. The highest BCUT2D eigenvalue weighted by molar-refractivity contribution is 7.91. The molecule has 0 saturated heterocycles. The Bertz CT molecular complexity index is 567. The predicted octanol–water partition coefficient (Wildman–Crippen LogP) is 0.902. The van der Waals surface area contributed by atoms with E-state index in [0.29, 0.717) is 0 Å².